The molecule has 2 aromatic rings. The van der Waals surface area contributed by atoms with Gasteiger partial charge in [-0.05, 0) is 25.0 Å². The molecular formula is C11H8BrFN2O. The minimum Gasteiger partial charge on any atom is -0.493 e. The number of benzene rings is 1. The van der Waals surface area contributed by atoms with Crippen molar-refractivity contribution in [3.8, 4) is 5.88 Å². The summed E-state index contributed by atoms with van der Waals surface area (Å²) in [5.41, 5.74) is 0.192. The van der Waals surface area contributed by atoms with Gasteiger partial charge in [0.25, 0.3) is 0 Å². The summed E-state index contributed by atoms with van der Waals surface area (Å²) in [4.78, 5) is 8.17. The lowest BCUT2D eigenvalue weighted by Gasteiger charge is -2.04. The lowest BCUT2D eigenvalue weighted by molar-refractivity contribution is 0.456. The Balaban J connectivity index is 2.32. The van der Waals surface area contributed by atoms with Gasteiger partial charge in [0.2, 0.25) is 5.88 Å². The number of hydrogen-bond acceptors (Lipinski definition) is 3. The molecule has 1 aliphatic rings. The first kappa shape index (κ1) is 9.96. The average molecular weight is 283 g/mol. The normalized spacial score (nSPS) is 15.6. The van der Waals surface area contributed by atoms with Gasteiger partial charge in [-0.15, -0.1) is 0 Å². The van der Waals surface area contributed by atoms with Crippen molar-refractivity contribution in [2.45, 2.75) is 18.8 Å². The van der Waals surface area contributed by atoms with Gasteiger partial charge in [0.1, 0.15) is 11.3 Å². The van der Waals surface area contributed by atoms with E-state index in [2.05, 4.69) is 25.9 Å². The fraction of sp³-hybridized carbons (Fsp3) is 0.273. The van der Waals surface area contributed by atoms with Crippen LogP contribution in [0, 0.1) is 5.82 Å². The summed E-state index contributed by atoms with van der Waals surface area (Å²) in [6.45, 7) is 0. The second-order valence-electron chi connectivity index (χ2n) is 3.96. The highest BCUT2D eigenvalue weighted by Crippen LogP contribution is 2.40. The predicted octanol–water partition coefficient (Wildman–Crippen LogP) is 3.11. The Morgan fingerprint density at radius 3 is 2.75 bits per heavy atom. The van der Waals surface area contributed by atoms with Crippen molar-refractivity contribution in [1.82, 2.24) is 9.97 Å². The largest absolute Gasteiger partial charge is 0.493 e. The zero-order valence-electron chi connectivity index (χ0n) is 8.24. The molecule has 1 aromatic carbocycles. The van der Waals surface area contributed by atoms with E-state index in [1.54, 1.807) is 6.07 Å². The molecule has 3 rings (SSSR count). The molecule has 1 aromatic heterocycles. The quantitative estimate of drug-likeness (QED) is 0.874. The molecule has 0 atom stereocenters. The van der Waals surface area contributed by atoms with Gasteiger partial charge in [0.05, 0.1) is 5.39 Å². The maximum atomic E-state index is 13.7. The van der Waals surface area contributed by atoms with Crippen LogP contribution in [0.1, 0.15) is 24.6 Å². The van der Waals surface area contributed by atoms with Crippen LogP contribution in [0.5, 0.6) is 5.88 Å². The van der Waals surface area contributed by atoms with Crippen LogP contribution in [0.2, 0.25) is 0 Å². The number of hydrogen-bond donors (Lipinski definition) is 1. The molecule has 1 aliphatic carbocycles. The van der Waals surface area contributed by atoms with Crippen LogP contribution in [0.25, 0.3) is 10.9 Å². The van der Waals surface area contributed by atoms with E-state index in [1.165, 1.54) is 6.07 Å². The molecule has 0 aliphatic heterocycles. The molecule has 1 heterocycles. The fourth-order valence-corrected chi connectivity index (χ4v) is 2.11. The molecule has 0 spiro atoms. The highest BCUT2D eigenvalue weighted by molar-refractivity contribution is 9.10. The highest BCUT2D eigenvalue weighted by Gasteiger charge is 2.28. The lowest BCUT2D eigenvalue weighted by atomic mass is 10.2. The predicted molar refractivity (Wildman–Crippen MR) is 60.8 cm³/mol. The van der Waals surface area contributed by atoms with Crippen LogP contribution >= 0.6 is 15.9 Å². The van der Waals surface area contributed by atoms with Gasteiger partial charge >= 0.3 is 0 Å². The summed E-state index contributed by atoms with van der Waals surface area (Å²) in [6, 6.07) is 2.95. The van der Waals surface area contributed by atoms with Crippen LogP contribution in [0.3, 0.4) is 0 Å². The molecule has 0 amide bonds. The molecular weight excluding hydrogens is 275 g/mol. The summed E-state index contributed by atoms with van der Waals surface area (Å²) in [5, 5.41) is 10.1. The van der Waals surface area contributed by atoms with E-state index < -0.39 is 5.82 Å². The van der Waals surface area contributed by atoms with Crippen molar-refractivity contribution >= 4 is 26.8 Å². The minimum absolute atomic E-state index is 0.146. The third kappa shape index (κ3) is 1.55. The van der Waals surface area contributed by atoms with E-state index in [0.29, 0.717) is 21.6 Å². The van der Waals surface area contributed by atoms with Crippen LogP contribution < -0.4 is 0 Å². The van der Waals surface area contributed by atoms with Crippen molar-refractivity contribution in [3.63, 3.8) is 0 Å². The Morgan fingerprint density at radius 1 is 1.31 bits per heavy atom. The second-order valence-corrected chi connectivity index (χ2v) is 4.88. The number of fused-ring (bicyclic) bond motifs is 1. The van der Waals surface area contributed by atoms with E-state index in [4.69, 9.17) is 0 Å². The summed E-state index contributed by atoms with van der Waals surface area (Å²) in [7, 11) is 0. The SMILES string of the molecule is Oc1nc(C2CC2)nc2c(F)cc(Br)cc12. The Morgan fingerprint density at radius 2 is 2.06 bits per heavy atom. The van der Waals surface area contributed by atoms with Gasteiger partial charge in [0, 0.05) is 10.4 Å². The Bertz CT molecular complexity index is 584. The number of rotatable bonds is 1. The molecule has 1 fully saturated rings. The van der Waals surface area contributed by atoms with E-state index in [0.717, 1.165) is 12.8 Å². The summed E-state index contributed by atoms with van der Waals surface area (Å²) >= 11 is 3.17. The summed E-state index contributed by atoms with van der Waals surface area (Å²) in [6.07, 6.45) is 2.03. The number of aromatic nitrogens is 2. The van der Waals surface area contributed by atoms with Crippen LogP contribution in [0.4, 0.5) is 4.39 Å². The van der Waals surface area contributed by atoms with E-state index in [9.17, 15) is 9.50 Å². The Hall–Kier alpha value is -1.23. The lowest BCUT2D eigenvalue weighted by Crippen LogP contribution is -1.95. The first-order valence-electron chi connectivity index (χ1n) is 5.01. The van der Waals surface area contributed by atoms with Crippen molar-refractivity contribution in [1.29, 1.82) is 0 Å². The standard InChI is InChI=1S/C11H8BrFN2O/c12-6-3-7-9(8(13)4-6)14-10(5-1-2-5)15-11(7)16/h3-5H,1-2H2,(H,14,15,16). The van der Waals surface area contributed by atoms with E-state index in [1.807, 2.05) is 0 Å². The summed E-state index contributed by atoms with van der Waals surface area (Å²) < 4.78 is 14.2. The molecule has 5 heteroatoms. The van der Waals surface area contributed by atoms with Crippen molar-refractivity contribution in [2.75, 3.05) is 0 Å². The van der Waals surface area contributed by atoms with Gasteiger partial charge in [-0.2, -0.15) is 4.98 Å². The third-order valence-corrected chi connectivity index (χ3v) is 3.12. The minimum atomic E-state index is -0.441. The van der Waals surface area contributed by atoms with Crippen LogP contribution in [0.15, 0.2) is 16.6 Å². The number of halogens is 2. The average Bonchev–Trinajstić information content (AvgIpc) is 3.02. The summed E-state index contributed by atoms with van der Waals surface area (Å²) in [5.74, 6) is 0.251. The first-order valence-corrected chi connectivity index (χ1v) is 5.80. The zero-order chi connectivity index (χ0) is 11.3. The molecule has 3 nitrogen and oxygen atoms in total. The topological polar surface area (TPSA) is 46.0 Å². The van der Waals surface area contributed by atoms with Gasteiger partial charge in [-0.3, -0.25) is 0 Å². The molecule has 0 radical (unpaired) electrons. The molecule has 1 saturated carbocycles. The monoisotopic (exact) mass is 282 g/mol. The van der Waals surface area contributed by atoms with Crippen LogP contribution in [-0.2, 0) is 0 Å². The van der Waals surface area contributed by atoms with Gasteiger partial charge in [0.15, 0.2) is 5.82 Å². The zero-order valence-corrected chi connectivity index (χ0v) is 9.83. The van der Waals surface area contributed by atoms with Gasteiger partial charge < -0.3 is 5.11 Å². The molecule has 0 bridgehead atoms. The van der Waals surface area contributed by atoms with Crippen molar-refractivity contribution in [3.05, 3.63) is 28.2 Å². The van der Waals surface area contributed by atoms with Crippen molar-refractivity contribution < 1.29 is 9.50 Å². The number of aromatic hydroxyl groups is 1. The molecule has 0 saturated heterocycles. The van der Waals surface area contributed by atoms with Gasteiger partial charge in [-0.25, -0.2) is 9.37 Å². The maximum Gasteiger partial charge on any atom is 0.222 e. The van der Waals surface area contributed by atoms with Crippen LogP contribution in [-0.4, -0.2) is 15.1 Å². The smallest absolute Gasteiger partial charge is 0.222 e. The van der Waals surface area contributed by atoms with Crippen molar-refractivity contribution in [2.24, 2.45) is 0 Å². The molecule has 1 N–H and O–H groups in total. The van der Waals surface area contributed by atoms with Gasteiger partial charge in [-0.1, -0.05) is 15.9 Å². The highest BCUT2D eigenvalue weighted by atomic mass is 79.9. The number of nitrogens with zero attached hydrogens (tertiary/aromatic N) is 2. The molecule has 82 valence electrons. The Kier molecular flexibility index (Phi) is 2.10. The Labute approximate surface area is 99.5 Å². The molecule has 16 heavy (non-hydrogen) atoms. The van der Waals surface area contributed by atoms with E-state index >= 15 is 0 Å². The third-order valence-electron chi connectivity index (χ3n) is 2.66. The first-order chi connectivity index (χ1) is 7.65. The molecule has 0 unspecified atom stereocenters. The maximum absolute atomic E-state index is 13.7. The van der Waals surface area contributed by atoms with E-state index in [-0.39, 0.29) is 11.4 Å². The second kappa shape index (κ2) is 3.38. The fourth-order valence-electron chi connectivity index (χ4n) is 1.68.